The number of fused-ring (bicyclic) bond motifs is 1. The highest BCUT2D eigenvalue weighted by atomic mass is 35.5. The first kappa shape index (κ1) is 22.6. The molecule has 0 spiro atoms. The molecule has 0 aliphatic carbocycles. The molecule has 3 heterocycles. The first-order valence-electron chi connectivity index (χ1n) is 10.3. The summed E-state index contributed by atoms with van der Waals surface area (Å²) in [6.07, 6.45) is 1.45. The molecule has 0 unspecified atom stereocenters. The number of benzene rings is 1. The van der Waals surface area contributed by atoms with Crippen LogP contribution in [0.25, 0.3) is 11.2 Å². The van der Waals surface area contributed by atoms with Crippen LogP contribution < -0.4 is 16.0 Å². The van der Waals surface area contributed by atoms with Crippen LogP contribution in [0.1, 0.15) is 0 Å². The Morgan fingerprint density at radius 2 is 1.61 bits per heavy atom. The molecule has 12 heteroatoms. The van der Waals surface area contributed by atoms with Crippen LogP contribution in [-0.4, -0.2) is 73.1 Å². The number of aryl methyl sites for hydroxylation is 2. The Morgan fingerprint density at radius 3 is 2.24 bits per heavy atom. The van der Waals surface area contributed by atoms with Crippen LogP contribution in [0.2, 0.25) is 5.02 Å². The SMILES string of the molecule is Cn1cnc2c1c(=O)n(CC(=O)N1CCN(C(=O)COc3ccc(Cl)cc3)CC1)c(=O)n2C. The van der Waals surface area contributed by atoms with Gasteiger partial charge >= 0.3 is 5.69 Å². The lowest BCUT2D eigenvalue weighted by atomic mass is 10.3. The van der Waals surface area contributed by atoms with E-state index in [0.717, 1.165) is 4.57 Å². The maximum absolute atomic E-state index is 12.8. The highest BCUT2D eigenvalue weighted by Crippen LogP contribution is 2.15. The molecule has 3 aromatic rings. The third-order valence-corrected chi connectivity index (χ3v) is 5.91. The second-order valence-electron chi connectivity index (χ2n) is 7.76. The van der Waals surface area contributed by atoms with Gasteiger partial charge in [-0.2, -0.15) is 0 Å². The van der Waals surface area contributed by atoms with Crippen molar-refractivity contribution in [2.75, 3.05) is 32.8 Å². The Labute approximate surface area is 193 Å². The zero-order chi connectivity index (χ0) is 23.7. The third-order valence-electron chi connectivity index (χ3n) is 5.66. The van der Waals surface area contributed by atoms with Gasteiger partial charge in [-0.05, 0) is 24.3 Å². The number of nitrogens with zero attached hydrogens (tertiary/aromatic N) is 6. The Hall–Kier alpha value is -3.60. The van der Waals surface area contributed by atoms with Crippen molar-refractivity contribution in [1.29, 1.82) is 0 Å². The van der Waals surface area contributed by atoms with E-state index in [1.807, 2.05) is 0 Å². The number of carbonyl (C=O) groups is 2. The van der Waals surface area contributed by atoms with Gasteiger partial charge in [0.2, 0.25) is 5.91 Å². The molecular formula is C21H23ClN6O5. The average molecular weight is 475 g/mol. The Morgan fingerprint density at radius 1 is 1.00 bits per heavy atom. The molecule has 0 bridgehead atoms. The molecule has 174 valence electrons. The van der Waals surface area contributed by atoms with Crippen molar-refractivity contribution >= 4 is 34.6 Å². The molecule has 1 fully saturated rings. The lowest BCUT2D eigenvalue weighted by Crippen LogP contribution is -2.53. The Kier molecular flexibility index (Phi) is 6.23. The van der Waals surface area contributed by atoms with Gasteiger partial charge in [-0.3, -0.25) is 19.0 Å². The molecule has 1 aliphatic rings. The second kappa shape index (κ2) is 9.10. The normalized spacial score (nSPS) is 14.0. The molecule has 2 aromatic heterocycles. The lowest BCUT2D eigenvalue weighted by molar-refractivity contribution is -0.141. The number of amides is 2. The molecule has 0 saturated carbocycles. The number of imidazole rings is 1. The van der Waals surface area contributed by atoms with Gasteiger partial charge in [-0.1, -0.05) is 11.6 Å². The summed E-state index contributed by atoms with van der Waals surface area (Å²) in [5, 5.41) is 0.579. The van der Waals surface area contributed by atoms with E-state index in [2.05, 4.69) is 4.98 Å². The summed E-state index contributed by atoms with van der Waals surface area (Å²) in [7, 11) is 3.16. The number of aromatic nitrogens is 4. The molecule has 1 aromatic carbocycles. The molecule has 1 saturated heterocycles. The average Bonchev–Trinajstić information content (AvgIpc) is 3.21. The Bertz CT molecular complexity index is 1320. The van der Waals surface area contributed by atoms with E-state index in [9.17, 15) is 19.2 Å². The van der Waals surface area contributed by atoms with Crippen LogP contribution in [-0.2, 0) is 30.2 Å². The van der Waals surface area contributed by atoms with Gasteiger partial charge in [0.05, 0.1) is 6.33 Å². The molecule has 0 atom stereocenters. The summed E-state index contributed by atoms with van der Waals surface area (Å²) in [6, 6.07) is 6.72. The van der Waals surface area contributed by atoms with Gasteiger partial charge in [0.1, 0.15) is 12.3 Å². The number of ether oxygens (including phenoxy) is 1. The number of carbonyl (C=O) groups excluding carboxylic acids is 2. The molecule has 0 N–H and O–H groups in total. The van der Waals surface area contributed by atoms with Crippen LogP contribution in [0, 0.1) is 0 Å². The van der Waals surface area contributed by atoms with Gasteiger partial charge in [-0.25, -0.2) is 14.3 Å². The lowest BCUT2D eigenvalue weighted by Gasteiger charge is -2.34. The topological polar surface area (TPSA) is 112 Å². The van der Waals surface area contributed by atoms with Crippen molar-refractivity contribution in [3.63, 3.8) is 0 Å². The number of hydrogen-bond acceptors (Lipinski definition) is 6. The van der Waals surface area contributed by atoms with Gasteiger partial charge in [0.25, 0.3) is 11.5 Å². The maximum atomic E-state index is 12.8. The summed E-state index contributed by atoms with van der Waals surface area (Å²) in [4.78, 5) is 57.9. The molecule has 33 heavy (non-hydrogen) atoms. The van der Waals surface area contributed by atoms with Gasteiger partial charge < -0.3 is 19.1 Å². The van der Waals surface area contributed by atoms with Crippen molar-refractivity contribution in [1.82, 2.24) is 28.5 Å². The van der Waals surface area contributed by atoms with Crippen molar-refractivity contribution < 1.29 is 14.3 Å². The third kappa shape index (κ3) is 4.49. The van der Waals surface area contributed by atoms with Gasteiger partial charge in [0, 0.05) is 45.3 Å². The van der Waals surface area contributed by atoms with Crippen molar-refractivity contribution in [3.05, 3.63) is 56.5 Å². The van der Waals surface area contributed by atoms with E-state index in [1.165, 1.54) is 22.5 Å². The van der Waals surface area contributed by atoms with Crippen LogP contribution in [0.15, 0.2) is 40.2 Å². The van der Waals surface area contributed by atoms with Crippen molar-refractivity contribution in [3.8, 4) is 5.75 Å². The first-order valence-corrected chi connectivity index (χ1v) is 10.7. The Balaban J connectivity index is 1.36. The smallest absolute Gasteiger partial charge is 0.332 e. The van der Waals surface area contributed by atoms with E-state index >= 15 is 0 Å². The molecule has 4 rings (SSSR count). The maximum Gasteiger partial charge on any atom is 0.332 e. The van der Waals surface area contributed by atoms with E-state index in [-0.39, 0.29) is 36.1 Å². The van der Waals surface area contributed by atoms with Crippen molar-refractivity contribution in [2.45, 2.75) is 6.54 Å². The fourth-order valence-electron chi connectivity index (χ4n) is 3.74. The number of piperazine rings is 1. The minimum Gasteiger partial charge on any atom is -0.484 e. The quantitative estimate of drug-likeness (QED) is 0.508. The largest absolute Gasteiger partial charge is 0.484 e. The highest BCUT2D eigenvalue weighted by Gasteiger charge is 2.26. The van der Waals surface area contributed by atoms with E-state index in [0.29, 0.717) is 37.0 Å². The number of halogens is 1. The summed E-state index contributed by atoms with van der Waals surface area (Å²) < 4.78 is 9.19. The summed E-state index contributed by atoms with van der Waals surface area (Å²) in [5.74, 6) is -0.0111. The fourth-order valence-corrected chi connectivity index (χ4v) is 3.87. The van der Waals surface area contributed by atoms with Gasteiger partial charge in [-0.15, -0.1) is 0 Å². The number of hydrogen-bond donors (Lipinski definition) is 0. The standard InChI is InChI=1S/C21H23ClN6O5/c1-24-13-23-19-18(24)20(31)28(21(32)25(19)2)11-16(29)26-7-9-27(10-8-26)17(30)12-33-15-5-3-14(22)4-6-15/h3-6,13H,7-12H2,1-2H3. The van der Waals surface area contributed by atoms with Gasteiger partial charge in [0.15, 0.2) is 17.8 Å². The van der Waals surface area contributed by atoms with Crippen LogP contribution >= 0.6 is 11.6 Å². The summed E-state index contributed by atoms with van der Waals surface area (Å²) >= 11 is 5.83. The fraction of sp³-hybridized carbons (Fsp3) is 0.381. The van der Waals surface area contributed by atoms with Crippen LogP contribution in [0.3, 0.4) is 0 Å². The summed E-state index contributed by atoms with van der Waals surface area (Å²) in [6.45, 7) is 0.777. The monoisotopic (exact) mass is 474 g/mol. The van der Waals surface area contributed by atoms with Crippen molar-refractivity contribution in [2.24, 2.45) is 14.1 Å². The minimum atomic E-state index is -0.604. The highest BCUT2D eigenvalue weighted by molar-refractivity contribution is 6.30. The molecule has 2 amide bonds. The molecular weight excluding hydrogens is 452 g/mol. The van der Waals surface area contributed by atoms with E-state index in [4.69, 9.17) is 16.3 Å². The second-order valence-corrected chi connectivity index (χ2v) is 8.20. The van der Waals surface area contributed by atoms with Crippen LogP contribution in [0.5, 0.6) is 5.75 Å². The first-order chi connectivity index (χ1) is 15.8. The van der Waals surface area contributed by atoms with Crippen LogP contribution in [0.4, 0.5) is 0 Å². The zero-order valence-corrected chi connectivity index (χ0v) is 19.0. The van der Waals surface area contributed by atoms with E-state index < -0.39 is 11.2 Å². The predicted molar refractivity (Wildman–Crippen MR) is 120 cm³/mol. The predicted octanol–water partition coefficient (Wildman–Crippen LogP) is -0.163. The summed E-state index contributed by atoms with van der Waals surface area (Å²) in [5.41, 5.74) is -0.646. The molecule has 11 nitrogen and oxygen atoms in total. The minimum absolute atomic E-state index is 0.119. The number of rotatable bonds is 5. The molecule has 0 radical (unpaired) electrons. The zero-order valence-electron chi connectivity index (χ0n) is 18.2. The molecule has 1 aliphatic heterocycles. The van der Waals surface area contributed by atoms with E-state index in [1.54, 1.807) is 41.1 Å².